The molecule has 1 aliphatic rings. The Morgan fingerprint density at radius 2 is 2.05 bits per heavy atom. The van der Waals surface area contributed by atoms with Crippen LogP contribution in [0.3, 0.4) is 0 Å². The van der Waals surface area contributed by atoms with Crippen LogP contribution in [0.25, 0.3) is 0 Å². The summed E-state index contributed by atoms with van der Waals surface area (Å²) in [5.74, 6) is 0.176. The molecule has 0 aromatic heterocycles. The molecule has 1 aliphatic heterocycles. The standard InChI is InChI=1S/C18H26N2O2/c1-13-6-7-14(2)16(11-13)17(21)8-9-18(22)20-10-4-5-15(20)12-19-3/h6-7,11,15,19H,4-5,8-10,12H2,1-3H3. The van der Waals surface area contributed by atoms with Crippen molar-refractivity contribution < 1.29 is 9.59 Å². The van der Waals surface area contributed by atoms with Gasteiger partial charge in [-0.05, 0) is 45.4 Å². The molecule has 120 valence electrons. The van der Waals surface area contributed by atoms with Crippen molar-refractivity contribution >= 4 is 11.7 Å². The highest BCUT2D eigenvalue weighted by Gasteiger charge is 2.28. The highest BCUT2D eigenvalue weighted by atomic mass is 16.2. The lowest BCUT2D eigenvalue weighted by atomic mass is 9.99. The molecule has 1 heterocycles. The fourth-order valence-corrected chi connectivity index (χ4v) is 3.15. The topological polar surface area (TPSA) is 49.4 Å². The highest BCUT2D eigenvalue weighted by Crippen LogP contribution is 2.19. The molecule has 1 saturated heterocycles. The number of aryl methyl sites for hydroxylation is 2. The highest BCUT2D eigenvalue weighted by molar-refractivity contribution is 5.99. The molecule has 4 heteroatoms. The maximum atomic E-state index is 12.4. The zero-order chi connectivity index (χ0) is 16.1. The first-order valence-electron chi connectivity index (χ1n) is 8.07. The van der Waals surface area contributed by atoms with E-state index < -0.39 is 0 Å². The largest absolute Gasteiger partial charge is 0.338 e. The van der Waals surface area contributed by atoms with Crippen molar-refractivity contribution in [2.75, 3.05) is 20.1 Å². The molecule has 0 saturated carbocycles. The summed E-state index contributed by atoms with van der Waals surface area (Å²) < 4.78 is 0. The third-order valence-electron chi connectivity index (χ3n) is 4.40. The summed E-state index contributed by atoms with van der Waals surface area (Å²) in [6.07, 6.45) is 2.72. The second kappa shape index (κ2) is 7.54. The molecule has 1 fully saturated rings. The fraction of sp³-hybridized carbons (Fsp3) is 0.556. The number of rotatable bonds is 6. The quantitative estimate of drug-likeness (QED) is 0.821. The number of nitrogens with zero attached hydrogens (tertiary/aromatic N) is 1. The summed E-state index contributed by atoms with van der Waals surface area (Å²) in [5.41, 5.74) is 2.81. The zero-order valence-corrected chi connectivity index (χ0v) is 13.8. The number of hydrogen-bond donors (Lipinski definition) is 1. The summed E-state index contributed by atoms with van der Waals surface area (Å²) in [6, 6.07) is 6.17. The van der Waals surface area contributed by atoms with Crippen LogP contribution in [0.2, 0.25) is 0 Å². The number of Topliss-reactive ketones (excluding diaryl/α,β-unsaturated/α-hetero) is 1. The van der Waals surface area contributed by atoms with E-state index in [0.29, 0.717) is 12.8 Å². The third kappa shape index (κ3) is 3.95. The molecule has 4 nitrogen and oxygen atoms in total. The van der Waals surface area contributed by atoms with Crippen molar-refractivity contribution in [2.45, 2.75) is 45.6 Å². The van der Waals surface area contributed by atoms with Crippen LogP contribution in [0.4, 0.5) is 0 Å². The van der Waals surface area contributed by atoms with Crippen molar-refractivity contribution in [3.8, 4) is 0 Å². The van der Waals surface area contributed by atoms with Gasteiger partial charge in [0, 0.05) is 37.5 Å². The van der Waals surface area contributed by atoms with Crippen molar-refractivity contribution in [3.05, 3.63) is 34.9 Å². The van der Waals surface area contributed by atoms with Crippen LogP contribution in [0.1, 0.15) is 47.2 Å². The van der Waals surface area contributed by atoms with Gasteiger partial charge in [-0.25, -0.2) is 0 Å². The van der Waals surface area contributed by atoms with Gasteiger partial charge in [-0.3, -0.25) is 9.59 Å². The summed E-state index contributed by atoms with van der Waals surface area (Å²) in [7, 11) is 1.91. The molecule has 22 heavy (non-hydrogen) atoms. The molecule has 0 bridgehead atoms. The molecule has 0 aliphatic carbocycles. The Labute approximate surface area is 132 Å². The number of carbonyl (C=O) groups is 2. The minimum atomic E-state index is 0.0684. The molecule has 1 atom stereocenters. The summed E-state index contributed by atoms with van der Waals surface area (Å²) in [6.45, 7) is 5.57. The van der Waals surface area contributed by atoms with E-state index in [1.807, 2.05) is 44.0 Å². The van der Waals surface area contributed by atoms with E-state index in [2.05, 4.69) is 5.32 Å². The van der Waals surface area contributed by atoms with Gasteiger partial charge in [-0.1, -0.05) is 17.7 Å². The Morgan fingerprint density at radius 1 is 1.27 bits per heavy atom. The number of carbonyl (C=O) groups excluding carboxylic acids is 2. The maximum Gasteiger partial charge on any atom is 0.223 e. The number of amides is 1. The van der Waals surface area contributed by atoms with Crippen LogP contribution in [-0.4, -0.2) is 42.8 Å². The lowest BCUT2D eigenvalue weighted by molar-refractivity contribution is -0.131. The molecule has 1 N–H and O–H groups in total. The normalized spacial score (nSPS) is 17.8. The summed E-state index contributed by atoms with van der Waals surface area (Å²) in [4.78, 5) is 26.7. The minimum Gasteiger partial charge on any atom is -0.338 e. The van der Waals surface area contributed by atoms with Crippen molar-refractivity contribution in [1.82, 2.24) is 10.2 Å². The van der Waals surface area contributed by atoms with Crippen LogP contribution in [0, 0.1) is 13.8 Å². The van der Waals surface area contributed by atoms with E-state index >= 15 is 0 Å². The van der Waals surface area contributed by atoms with Gasteiger partial charge < -0.3 is 10.2 Å². The molecule has 0 radical (unpaired) electrons. The van der Waals surface area contributed by atoms with Gasteiger partial charge in [0.1, 0.15) is 0 Å². The van der Waals surface area contributed by atoms with Gasteiger partial charge in [-0.2, -0.15) is 0 Å². The summed E-state index contributed by atoms with van der Waals surface area (Å²) >= 11 is 0. The number of hydrogen-bond acceptors (Lipinski definition) is 3. The van der Waals surface area contributed by atoms with Crippen molar-refractivity contribution in [2.24, 2.45) is 0 Å². The lowest BCUT2D eigenvalue weighted by Crippen LogP contribution is -2.40. The van der Waals surface area contributed by atoms with E-state index in [-0.39, 0.29) is 17.7 Å². The Balaban J connectivity index is 1.93. The molecular formula is C18H26N2O2. The molecular weight excluding hydrogens is 276 g/mol. The van der Waals surface area contributed by atoms with Crippen LogP contribution in [0.15, 0.2) is 18.2 Å². The van der Waals surface area contributed by atoms with Gasteiger partial charge in [-0.15, -0.1) is 0 Å². The number of benzene rings is 1. The minimum absolute atomic E-state index is 0.0684. The van der Waals surface area contributed by atoms with E-state index in [0.717, 1.165) is 42.6 Å². The molecule has 1 unspecified atom stereocenters. The lowest BCUT2D eigenvalue weighted by Gasteiger charge is -2.24. The summed E-state index contributed by atoms with van der Waals surface area (Å²) in [5, 5.41) is 3.14. The van der Waals surface area contributed by atoms with Crippen LogP contribution in [-0.2, 0) is 4.79 Å². The first-order valence-corrected chi connectivity index (χ1v) is 8.07. The number of likely N-dealkylation sites (N-methyl/N-ethyl adjacent to an activating group) is 1. The zero-order valence-electron chi connectivity index (χ0n) is 13.8. The first kappa shape index (κ1) is 16.7. The Bertz CT molecular complexity index is 554. The first-order chi connectivity index (χ1) is 10.5. The second-order valence-electron chi connectivity index (χ2n) is 6.18. The van der Waals surface area contributed by atoms with Crippen LogP contribution in [0.5, 0.6) is 0 Å². The van der Waals surface area contributed by atoms with Gasteiger partial charge >= 0.3 is 0 Å². The molecule has 1 amide bonds. The predicted octanol–water partition coefficient (Wildman–Crippen LogP) is 2.48. The SMILES string of the molecule is CNCC1CCCN1C(=O)CCC(=O)c1cc(C)ccc1C. The second-order valence-corrected chi connectivity index (χ2v) is 6.18. The Morgan fingerprint density at radius 3 is 2.77 bits per heavy atom. The monoisotopic (exact) mass is 302 g/mol. The average Bonchev–Trinajstić information content (AvgIpc) is 2.95. The van der Waals surface area contributed by atoms with E-state index in [1.54, 1.807) is 0 Å². The van der Waals surface area contributed by atoms with Crippen LogP contribution >= 0.6 is 0 Å². The number of ketones is 1. The van der Waals surface area contributed by atoms with Gasteiger partial charge in [0.05, 0.1) is 0 Å². The molecule has 1 aromatic rings. The van der Waals surface area contributed by atoms with E-state index in [1.165, 1.54) is 0 Å². The average molecular weight is 302 g/mol. The smallest absolute Gasteiger partial charge is 0.223 e. The van der Waals surface area contributed by atoms with Gasteiger partial charge in [0.15, 0.2) is 5.78 Å². The number of likely N-dealkylation sites (tertiary alicyclic amines) is 1. The Hall–Kier alpha value is -1.68. The van der Waals surface area contributed by atoms with Crippen molar-refractivity contribution in [1.29, 1.82) is 0 Å². The third-order valence-corrected chi connectivity index (χ3v) is 4.40. The van der Waals surface area contributed by atoms with E-state index in [9.17, 15) is 9.59 Å². The Kier molecular flexibility index (Phi) is 5.72. The van der Waals surface area contributed by atoms with Crippen molar-refractivity contribution in [3.63, 3.8) is 0 Å². The number of nitrogens with one attached hydrogen (secondary N) is 1. The molecule has 0 spiro atoms. The molecule has 1 aromatic carbocycles. The van der Waals surface area contributed by atoms with Gasteiger partial charge in [0.2, 0.25) is 5.91 Å². The predicted molar refractivity (Wildman–Crippen MR) is 88.1 cm³/mol. The van der Waals surface area contributed by atoms with Gasteiger partial charge in [0.25, 0.3) is 0 Å². The van der Waals surface area contributed by atoms with Crippen LogP contribution < -0.4 is 5.32 Å². The maximum absolute atomic E-state index is 12.4. The van der Waals surface area contributed by atoms with E-state index in [4.69, 9.17) is 0 Å². The molecule has 2 rings (SSSR count). The fourth-order valence-electron chi connectivity index (χ4n) is 3.15.